The van der Waals surface area contributed by atoms with E-state index in [1.54, 1.807) is 18.2 Å². The Hall–Kier alpha value is -2.30. The molecule has 1 unspecified atom stereocenters. The lowest BCUT2D eigenvalue weighted by Crippen LogP contribution is -2.52. The molecule has 1 aromatic rings. The van der Waals surface area contributed by atoms with Gasteiger partial charge in [-0.25, -0.2) is 0 Å². The van der Waals surface area contributed by atoms with Crippen LogP contribution in [0.1, 0.15) is 47.2 Å². The van der Waals surface area contributed by atoms with Crippen LogP contribution in [-0.4, -0.2) is 54.5 Å². The highest BCUT2D eigenvalue weighted by Gasteiger charge is 2.39. The van der Waals surface area contributed by atoms with E-state index < -0.39 is 22.2 Å². The second-order valence-electron chi connectivity index (χ2n) is 7.32. The first-order valence-electron chi connectivity index (χ1n) is 9.36. The maximum Gasteiger partial charge on any atom is 0.279 e. The summed E-state index contributed by atoms with van der Waals surface area (Å²) in [5.74, 6) is -1.04. The zero-order valence-electron chi connectivity index (χ0n) is 15.3. The fourth-order valence-electron chi connectivity index (χ4n) is 3.91. The lowest BCUT2D eigenvalue weighted by Gasteiger charge is -2.29. The van der Waals surface area contributed by atoms with Gasteiger partial charge in [-0.2, -0.15) is 17.4 Å². The SMILES string of the molecule is O=C1CCC(N2Cc3ccc(CNS(=O)(=O)N4CCCC4)cc3C2=O)C(=O)N1. The highest BCUT2D eigenvalue weighted by Crippen LogP contribution is 2.28. The third-order valence-corrected chi connectivity index (χ3v) is 7.01. The number of carbonyl (C=O) groups is 3. The first-order valence-corrected chi connectivity index (χ1v) is 10.8. The summed E-state index contributed by atoms with van der Waals surface area (Å²) in [5, 5.41) is 2.28. The van der Waals surface area contributed by atoms with Crippen molar-refractivity contribution in [3.63, 3.8) is 0 Å². The molecule has 0 radical (unpaired) electrons. The molecule has 2 N–H and O–H groups in total. The van der Waals surface area contributed by atoms with Crippen molar-refractivity contribution in [1.82, 2.24) is 19.2 Å². The van der Waals surface area contributed by atoms with Gasteiger partial charge in [0.1, 0.15) is 6.04 Å². The van der Waals surface area contributed by atoms with Crippen LogP contribution in [0, 0.1) is 0 Å². The Bertz CT molecular complexity index is 939. The van der Waals surface area contributed by atoms with Crippen molar-refractivity contribution in [1.29, 1.82) is 0 Å². The number of fused-ring (bicyclic) bond motifs is 1. The van der Waals surface area contributed by atoms with Gasteiger partial charge in [0.25, 0.3) is 16.1 Å². The summed E-state index contributed by atoms with van der Waals surface area (Å²) in [6.45, 7) is 1.45. The van der Waals surface area contributed by atoms with Crippen molar-refractivity contribution in [2.24, 2.45) is 0 Å². The second-order valence-corrected chi connectivity index (χ2v) is 9.08. The third-order valence-electron chi connectivity index (χ3n) is 5.46. The zero-order valence-corrected chi connectivity index (χ0v) is 16.1. The van der Waals surface area contributed by atoms with Crippen molar-refractivity contribution < 1.29 is 22.8 Å². The van der Waals surface area contributed by atoms with Crippen molar-refractivity contribution in [2.75, 3.05) is 13.1 Å². The molecule has 3 amide bonds. The van der Waals surface area contributed by atoms with Gasteiger partial charge >= 0.3 is 0 Å². The van der Waals surface area contributed by atoms with E-state index in [0.717, 1.165) is 18.4 Å². The third kappa shape index (κ3) is 3.54. The van der Waals surface area contributed by atoms with Crippen molar-refractivity contribution in [3.05, 3.63) is 34.9 Å². The van der Waals surface area contributed by atoms with E-state index in [1.165, 1.54) is 9.21 Å². The molecule has 4 rings (SSSR count). The Labute approximate surface area is 163 Å². The average Bonchev–Trinajstić information content (AvgIpc) is 3.30. The van der Waals surface area contributed by atoms with Crippen LogP contribution in [0.25, 0.3) is 0 Å². The maximum atomic E-state index is 12.8. The molecular weight excluding hydrogens is 384 g/mol. The molecule has 0 bridgehead atoms. The molecule has 9 nitrogen and oxygen atoms in total. The van der Waals surface area contributed by atoms with Gasteiger partial charge in [-0.15, -0.1) is 0 Å². The molecule has 0 saturated carbocycles. The van der Waals surface area contributed by atoms with Gasteiger partial charge in [-0.1, -0.05) is 12.1 Å². The van der Waals surface area contributed by atoms with Gasteiger partial charge in [0.05, 0.1) is 0 Å². The van der Waals surface area contributed by atoms with E-state index >= 15 is 0 Å². The van der Waals surface area contributed by atoms with Crippen LogP contribution in [0.5, 0.6) is 0 Å². The fraction of sp³-hybridized carbons (Fsp3) is 0.500. The summed E-state index contributed by atoms with van der Waals surface area (Å²) in [4.78, 5) is 37.7. The number of imide groups is 1. The molecule has 0 spiro atoms. The summed E-state index contributed by atoms with van der Waals surface area (Å²) in [6.07, 6.45) is 2.25. The lowest BCUT2D eigenvalue weighted by atomic mass is 10.0. The predicted molar refractivity (Wildman–Crippen MR) is 99.1 cm³/mol. The van der Waals surface area contributed by atoms with Crippen molar-refractivity contribution >= 4 is 27.9 Å². The van der Waals surface area contributed by atoms with E-state index in [1.807, 2.05) is 0 Å². The number of hydrogen-bond acceptors (Lipinski definition) is 5. The van der Waals surface area contributed by atoms with Gasteiger partial charge in [-0.3, -0.25) is 19.7 Å². The second kappa shape index (κ2) is 7.26. The van der Waals surface area contributed by atoms with Gasteiger partial charge in [-0.05, 0) is 36.5 Å². The summed E-state index contributed by atoms with van der Waals surface area (Å²) >= 11 is 0. The van der Waals surface area contributed by atoms with Crippen LogP contribution in [0.2, 0.25) is 0 Å². The molecule has 150 valence electrons. The van der Waals surface area contributed by atoms with Crippen LogP contribution in [0.15, 0.2) is 18.2 Å². The number of piperidine rings is 1. The first-order chi connectivity index (χ1) is 13.3. The Morgan fingerprint density at radius 2 is 1.89 bits per heavy atom. The Kier molecular flexibility index (Phi) is 4.94. The monoisotopic (exact) mass is 406 g/mol. The van der Waals surface area contributed by atoms with Crippen molar-refractivity contribution in [2.45, 2.75) is 44.8 Å². The largest absolute Gasteiger partial charge is 0.322 e. The molecule has 2 fully saturated rings. The minimum absolute atomic E-state index is 0.0950. The summed E-state index contributed by atoms with van der Waals surface area (Å²) in [5.41, 5.74) is 1.95. The number of nitrogens with zero attached hydrogens (tertiary/aromatic N) is 2. The number of hydrogen-bond donors (Lipinski definition) is 2. The lowest BCUT2D eigenvalue weighted by molar-refractivity contribution is -0.136. The van der Waals surface area contributed by atoms with E-state index in [0.29, 0.717) is 37.2 Å². The molecule has 10 heteroatoms. The summed E-state index contributed by atoms with van der Waals surface area (Å²) in [6, 6.07) is 4.59. The molecule has 1 aromatic carbocycles. The Morgan fingerprint density at radius 3 is 2.61 bits per heavy atom. The molecular formula is C18H22N4O5S. The smallest absolute Gasteiger partial charge is 0.279 e. The number of benzene rings is 1. The molecule has 0 aromatic heterocycles. The number of nitrogens with one attached hydrogen (secondary N) is 2. The minimum Gasteiger partial charge on any atom is -0.322 e. The van der Waals surface area contributed by atoms with Gasteiger partial charge in [0, 0.05) is 38.2 Å². The van der Waals surface area contributed by atoms with E-state index in [-0.39, 0.29) is 24.8 Å². The maximum absolute atomic E-state index is 12.8. The zero-order chi connectivity index (χ0) is 19.9. The number of carbonyl (C=O) groups excluding carboxylic acids is 3. The molecule has 28 heavy (non-hydrogen) atoms. The quantitative estimate of drug-likeness (QED) is 0.662. The molecule has 3 heterocycles. The van der Waals surface area contributed by atoms with Gasteiger partial charge < -0.3 is 4.90 Å². The topological polar surface area (TPSA) is 116 Å². The molecule has 3 aliphatic heterocycles. The molecule has 0 aliphatic carbocycles. The summed E-state index contributed by atoms with van der Waals surface area (Å²) < 4.78 is 28.6. The average molecular weight is 406 g/mol. The Balaban J connectivity index is 1.45. The Morgan fingerprint density at radius 1 is 1.14 bits per heavy atom. The molecule has 2 saturated heterocycles. The van der Waals surface area contributed by atoms with E-state index in [2.05, 4.69) is 10.0 Å². The molecule has 3 aliphatic rings. The van der Waals surface area contributed by atoms with Crippen LogP contribution in [0.4, 0.5) is 0 Å². The van der Waals surface area contributed by atoms with Crippen LogP contribution in [-0.2, 0) is 32.9 Å². The highest BCUT2D eigenvalue weighted by molar-refractivity contribution is 7.87. The van der Waals surface area contributed by atoms with Gasteiger partial charge in [0.2, 0.25) is 11.8 Å². The normalized spacial score (nSPS) is 23.2. The van der Waals surface area contributed by atoms with Crippen LogP contribution >= 0.6 is 0 Å². The summed E-state index contributed by atoms with van der Waals surface area (Å²) in [7, 11) is -3.52. The molecule has 1 atom stereocenters. The standard InChI is InChI=1S/C18H22N4O5S/c23-16-6-5-15(17(24)20-16)22-11-13-4-3-12(9-14(13)18(22)25)10-19-28(26,27)21-7-1-2-8-21/h3-4,9,15,19H,1-2,5-8,10-11H2,(H,20,23,24). The van der Waals surface area contributed by atoms with E-state index in [9.17, 15) is 22.8 Å². The van der Waals surface area contributed by atoms with Crippen LogP contribution < -0.4 is 10.0 Å². The van der Waals surface area contributed by atoms with E-state index in [4.69, 9.17) is 0 Å². The van der Waals surface area contributed by atoms with Crippen molar-refractivity contribution in [3.8, 4) is 0 Å². The van der Waals surface area contributed by atoms with Crippen LogP contribution in [0.3, 0.4) is 0 Å². The number of rotatable bonds is 5. The fourth-order valence-corrected chi connectivity index (χ4v) is 5.18. The minimum atomic E-state index is -3.52. The highest BCUT2D eigenvalue weighted by atomic mass is 32.2. The van der Waals surface area contributed by atoms with Gasteiger partial charge in [0.15, 0.2) is 0 Å². The predicted octanol–water partition coefficient (Wildman–Crippen LogP) is -0.122. The number of amides is 3. The first kappa shape index (κ1) is 19.0.